The lowest BCUT2D eigenvalue weighted by Gasteiger charge is -2.06. The van der Waals surface area contributed by atoms with Gasteiger partial charge in [0.2, 0.25) is 0 Å². The third-order valence-electron chi connectivity index (χ3n) is 16.5. The van der Waals surface area contributed by atoms with E-state index >= 15 is 0 Å². The lowest BCUT2D eigenvalue weighted by molar-refractivity contribution is -0.118. The topological polar surface area (TPSA) is 305 Å². The van der Waals surface area contributed by atoms with E-state index in [1.54, 1.807) is 180 Å². The number of halogens is 2. The number of rotatable bonds is 45. The highest BCUT2D eigenvalue weighted by atomic mass is 19.1. The first-order valence-electron chi connectivity index (χ1n) is 42.9. The van der Waals surface area contributed by atoms with Crippen LogP contribution in [0.1, 0.15) is 240 Å². The Bertz CT molecular complexity index is 4270. The number of carbonyl (C=O) groups excluding carboxylic acids is 6. The molecule has 0 aliphatic heterocycles. The Labute approximate surface area is 752 Å². The Morgan fingerprint density at radius 2 is 0.714 bits per heavy atom. The van der Waals surface area contributed by atoms with Gasteiger partial charge in [0.25, 0.3) is 0 Å². The van der Waals surface area contributed by atoms with E-state index in [-0.39, 0.29) is 58.9 Å². The van der Waals surface area contributed by atoms with Crippen molar-refractivity contribution in [2.75, 3.05) is 0 Å². The average Bonchev–Trinajstić information content (AvgIpc) is 1.66. The first-order valence-corrected chi connectivity index (χ1v) is 42.9. The fraction of sp³-hybridized carbons (Fsp3) is 0.444. The van der Waals surface area contributed by atoms with E-state index in [2.05, 4.69) is 109 Å². The van der Waals surface area contributed by atoms with Crippen molar-refractivity contribution in [1.29, 1.82) is 0 Å². The number of terminal acetylenes is 2. The van der Waals surface area contributed by atoms with Gasteiger partial charge in [-0.15, -0.1) is 24.7 Å². The van der Waals surface area contributed by atoms with Crippen LogP contribution in [0, 0.1) is 131 Å². The van der Waals surface area contributed by atoms with E-state index < -0.39 is 54.9 Å². The number of allylic oxidation sites excluding steroid dienone is 19. The summed E-state index contributed by atoms with van der Waals surface area (Å²) in [4.78, 5) is 64.4. The number of benzene rings is 2. The SMILES string of the molecule is C#CCC/C=C/C=C/C#C[C@@H](O)CCCC(C)=O.C#CC[C@@H](O)/C=C/C=C/C#CCCCCC(C)=O.CC(=O)CCC[C@H](O)C#C/C=C/C=C/[C@H](O)CC#Cc1ccc(F)cc1.CC(=O)CCC[C@H](O)C#C/C=C/C=C/[C@H](O)CC(C)C.CC(=O)CCC[C@H](O)C#C/C=C/C=C/[C@H](O)CC1CC1.CC(=O)CCC[C@H](O)C#C/C=C/C=C/[C@H](O)Cc1ccc(F)cc1. The second kappa shape index (κ2) is 84.7. The molecule has 2 aromatic rings. The molecule has 3 rings (SSSR count). The van der Waals surface area contributed by atoms with Crippen LogP contribution >= 0.6 is 0 Å². The molecule has 0 unspecified atom stereocenters. The largest absolute Gasteiger partial charge is 0.389 e. The van der Waals surface area contributed by atoms with Crippen molar-refractivity contribution in [2.45, 2.75) is 296 Å². The number of hydrogen-bond acceptors (Lipinski definition) is 16. The summed E-state index contributed by atoms with van der Waals surface area (Å²) in [5.74, 6) is 45.0. The highest BCUT2D eigenvalue weighted by Crippen LogP contribution is 2.33. The van der Waals surface area contributed by atoms with Crippen LogP contribution in [0.3, 0.4) is 0 Å². The fourth-order valence-corrected chi connectivity index (χ4v) is 9.76. The van der Waals surface area contributed by atoms with Crippen molar-refractivity contribution in [2.24, 2.45) is 11.8 Å². The second-order valence-electron chi connectivity index (χ2n) is 29.9. The number of Topliss-reactive ketones (excluding diaryl/α,β-unsaturated/α-hetero) is 6. The smallest absolute Gasteiger partial charge is 0.129 e. The maximum atomic E-state index is 12.8. The number of aliphatic hydroxyl groups excluding tert-OH is 10. The minimum absolute atomic E-state index is 0.108. The molecule has 126 heavy (non-hydrogen) atoms. The normalized spacial score (nSPS) is 13.9. The van der Waals surface area contributed by atoms with Crippen LogP contribution in [-0.2, 0) is 35.2 Å². The number of unbranched alkanes of at least 4 members (excludes halogenated alkanes) is 3. The second-order valence-corrected chi connectivity index (χ2v) is 29.9. The van der Waals surface area contributed by atoms with E-state index in [9.17, 15) is 88.6 Å². The minimum atomic E-state index is -0.740. The summed E-state index contributed by atoms with van der Waals surface area (Å²) in [6, 6.07) is 11.9. The van der Waals surface area contributed by atoms with Gasteiger partial charge in [-0.25, -0.2) is 8.78 Å². The molecule has 16 nitrogen and oxygen atoms in total. The monoisotopic (exact) mass is 1730 g/mol. The van der Waals surface area contributed by atoms with Gasteiger partial charge in [0, 0.05) is 76.2 Å². The first kappa shape index (κ1) is 119. The van der Waals surface area contributed by atoms with Crippen LogP contribution in [0.15, 0.2) is 194 Å². The van der Waals surface area contributed by atoms with E-state index in [1.165, 1.54) is 51.0 Å². The molecule has 678 valence electrons. The van der Waals surface area contributed by atoms with Crippen molar-refractivity contribution in [3.63, 3.8) is 0 Å². The van der Waals surface area contributed by atoms with Gasteiger partial charge in [0.15, 0.2) is 0 Å². The lowest BCUT2D eigenvalue weighted by Crippen LogP contribution is -2.06. The van der Waals surface area contributed by atoms with Crippen LogP contribution in [0.2, 0.25) is 0 Å². The zero-order valence-electron chi connectivity index (χ0n) is 75.0. The van der Waals surface area contributed by atoms with Crippen molar-refractivity contribution < 1.29 is 88.6 Å². The molecule has 1 saturated carbocycles. The van der Waals surface area contributed by atoms with Gasteiger partial charge in [-0.2, -0.15) is 0 Å². The quantitative estimate of drug-likeness (QED) is 0.0167. The third kappa shape index (κ3) is 95.1. The summed E-state index contributed by atoms with van der Waals surface area (Å²) in [6.07, 6.45) is 63.1. The van der Waals surface area contributed by atoms with Gasteiger partial charge in [-0.1, -0.05) is 231 Å². The molecule has 0 radical (unpaired) electrons. The summed E-state index contributed by atoms with van der Waals surface area (Å²) < 4.78 is 25.5. The van der Waals surface area contributed by atoms with Gasteiger partial charge < -0.3 is 79.8 Å². The average molecular weight is 1730 g/mol. The molecule has 0 bridgehead atoms. The number of hydrogen-bond donors (Lipinski definition) is 10. The van der Waals surface area contributed by atoms with E-state index in [1.807, 2.05) is 18.2 Å². The summed E-state index contributed by atoms with van der Waals surface area (Å²) >= 11 is 0. The van der Waals surface area contributed by atoms with Crippen LogP contribution in [0.5, 0.6) is 0 Å². The standard InChI is InChI=1S/C22H23FO3.C20H23FO3.C17H24O3.C17H26O3.2C16H20O2/c1-18(24)8-6-12-21(25)10-4-2-3-5-11-22(26)13-7-9-19-14-16-20(23)17-15-19;1-16(22)7-6-10-19(23)8-4-2-3-5-9-20(24)15-17-11-13-18(21)14-12-17;1-14(18)7-6-10-16(19)8-4-2-3-5-9-17(20)13-15-11-12-15;1-14(2)13-17(20)11-7-5-4-6-10-16(19)12-8-9-15(3)18;1-3-12-16(18)14-11-9-7-5-4-6-8-10-13-15(2)17;1-3-4-5-6-7-8-9-10-13-16(18)14-11-12-15(2)17/h2-3,5,11,14-17,21-22,25-26H,6,8,12-13H2,1H3;2-3,5,9,11-14,19-20,23-24H,6-7,10,15H2,1H3;2-3,5,9,15-17,19-20H,6-7,10-13H2,1H3;4-5,7,11,14,16-17,19-20H,8-9,12-13H2,1-3H3;1,7,9,11,14,16,18H,6,8,10,12-13H2,2H3;1,6-9,16,18H,4-5,11-12,14H2,2H3/b3-2+,11-5+;2*3-2+,9-5+;5-4+,11-7+;9-7+,14-11+;7-6+,9-8+/t21-,22+;19-,20+;2*16-,17+;2*16-/m111111/s1. The first-order chi connectivity index (χ1) is 60.3. The molecule has 1 fully saturated rings. The van der Waals surface area contributed by atoms with Gasteiger partial charge >= 0.3 is 0 Å². The molecule has 2 aromatic carbocycles. The Balaban J connectivity index is -0.00000145. The number of ketones is 6. The van der Waals surface area contributed by atoms with Crippen LogP contribution in [0.4, 0.5) is 8.78 Å². The molecule has 1 aliphatic rings. The van der Waals surface area contributed by atoms with Gasteiger partial charge in [-0.3, -0.25) is 0 Å². The molecule has 1 aliphatic carbocycles. The highest BCUT2D eigenvalue weighted by molar-refractivity contribution is 5.77. The summed E-state index contributed by atoms with van der Waals surface area (Å²) in [5.41, 5.74) is 1.55. The van der Waals surface area contributed by atoms with Crippen molar-refractivity contribution in [3.8, 4) is 108 Å². The van der Waals surface area contributed by atoms with Crippen LogP contribution in [0.25, 0.3) is 0 Å². The van der Waals surface area contributed by atoms with Gasteiger partial charge in [-0.05, 0) is 228 Å². The fourth-order valence-electron chi connectivity index (χ4n) is 9.76. The van der Waals surface area contributed by atoms with E-state index in [0.717, 1.165) is 50.5 Å². The summed E-state index contributed by atoms with van der Waals surface area (Å²) in [5, 5.41) is 95.8. The maximum absolute atomic E-state index is 12.8. The molecule has 0 spiro atoms. The summed E-state index contributed by atoms with van der Waals surface area (Å²) in [7, 11) is 0. The van der Waals surface area contributed by atoms with Crippen LogP contribution < -0.4 is 0 Å². The maximum Gasteiger partial charge on any atom is 0.129 e. The lowest BCUT2D eigenvalue weighted by atomic mass is 10.1. The molecular weight excluding hydrogens is 1590 g/mol. The predicted molar refractivity (Wildman–Crippen MR) is 505 cm³/mol. The van der Waals surface area contributed by atoms with E-state index in [4.69, 9.17) is 12.8 Å². The molecular formula is C108H136F2O16. The third-order valence-corrected chi connectivity index (χ3v) is 16.5. The molecule has 10 atom stereocenters. The number of carbonyl (C=O) groups is 6. The number of aliphatic hydroxyl groups is 10. The van der Waals surface area contributed by atoms with E-state index in [0.29, 0.717) is 133 Å². The molecule has 0 saturated heterocycles. The molecule has 0 aromatic heterocycles. The molecule has 0 amide bonds. The Morgan fingerprint density at radius 3 is 1.07 bits per heavy atom. The minimum Gasteiger partial charge on any atom is -0.389 e. The summed E-state index contributed by atoms with van der Waals surface area (Å²) in [6.45, 7) is 13.4. The Morgan fingerprint density at radius 1 is 0.381 bits per heavy atom. The Kier molecular flexibility index (Phi) is 80.0. The van der Waals surface area contributed by atoms with Crippen molar-refractivity contribution >= 4 is 34.7 Å². The van der Waals surface area contributed by atoms with Crippen LogP contribution in [-0.4, -0.2) is 147 Å². The van der Waals surface area contributed by atoms with Gasteiger partial charge in [0.05, 0.1) is 30.5 Å². The highest BCUT2D eigenvalue weighted by Gasteiger charge is 2.23. The Hall–Kier alpha value is -11.2. The van der Waals surface area contributed by atoms with Crippen molar-refractivity contribution in [3.05, 3.63) is 217 Å². The molecule has 10 N–H and O–H groups in total. The predicted octanol–water partition coefficient (Wildman–Crippen LogP) is 16.4. The van der Waals surface area contributed by atoms with Crippen molar-refractivity contribution in [1.82, 2.24) is 0 Å². The van der Waals surface area contributed by atoms with Gasteiger partial charge in [0.1, 0.15) is 76.9 Å². The zero-order valence-corrected chi connectivity index (χ0v) is 75.0. The molecule has 18 heteroatoms. The zero-order chi connectivity index (χ0) is 94.4. The molecule has 0 heterocycles.